The van der Waals surface area contributed by atoms with Gasteiger partial charge in [0.25, 0.3) is 0 Å². The lowest BCUT2D eigenvalue weighted by Crippen LogP contribution is -2.01. The van der Waals surface area contributed by atoms with Crippen LogP contribution in [0.1, 0.15) is 10.4 Å². The van der Waals surface area contributed by atoms with Gasteiger partial charge < -0.3 is 10.4 Å². The van der Waals surface area contributed by atoms with E-state index < -0.39 is 5.97 Å². The molecule has 0 saturated heterocycles. The third-order valence-corrected chi connectivity index (χ3v) is 3.49. The number of hydrogen-bond acceptors (Lipinski definition) is 4. The minimum atomic E-state index is -0.967. The maximum atomic E-state index is 11.2. The molecule has 0 atom stereocenters. The Bertz CT molecular complexity index is 738. The van der Waals surface area contributed by atoms with Gasteiger partial charge in [-0.25, -0.2) is 9.78 Å². The van der Waals surface area contributed by atoms with Gasteiger partial charge in [-0.15, -0.1) is 0 Å². The Hall–Kier alpha value is -2.40. The van der Waals surface area contributed by atoms with E-state index in [4.69, 9.17) is 0 Å². The van der Waals surface area contributed by atoms with Crippen molar-refractivity contribution in [1.82, 2.24) is 4.98 Å². The number of thiophene rings is 1. The molecule has 0 bridgehead atoms. The fourth-order valence-electron chi connectivity index (χ4n) is 1.94. The summed E-state index contributed by atoms with van der Waals surface area (Å²) >= 11 is 1.59. The molecule has 0 amide bonds. The molecule has 0 unspecified atom stereocenters. The molecule has 94 valence electrons. The van der Waals surface area contributed by atoms with Crippen LogP contribution < -0.4 is 5.32 Å². The van der Waals surface area contributed by atoms with Crippen LogP contribution in [-0.2, 0) is 0 Å². The van der Waals surface area contributed by atoms with Crippen molar-refractivity contribution in [2.75, 3.05) is 5.32 Å². The summed E-state index contributed by atoms with van der Waals surface area (Å²) in [4.78, 5) is 15.4. The summed E-state index contributed by atoms with van der Waals surface area (Å²) in [6.45, 7) is 0. The zero-order valence-electron chi connectivity index (χ0n) is 9.83. The predicted octanol–water partition coefficient (Wildman–Crippen LogP) is 3.74. The highest BCUT2D eigenvalue weighted by Gasteiger charge is 2.12. The number of nitrogens with one attached hydrogen (secondary N) is 1. The third kappa shape index (κ3) is 2.15. The molecule has 0 aliphatic carbocycles. The summed E-state index contributed by atoms with van der Waals surface area (Å²) in [5, 5.41) is 17.8. The molecule has 0 saturated carbocycles. The highest BCUT2D eigenvalue weighted by molar-refractivity contribution is 7.08. The Morgan fingerprint density at radius 2 is 2.00 bits per heavy atom. The first-order valence-corrected chi connectivity index (χ1v) is 6.60. The first-order valence-electron chi connectivity index (χ1n) is 5.66. The van der Waals surface area contributed by atoms with Gasteiger partial charge in [0.15, 0.2) is 0 Å². The van der Waals surface area contributed by atoms with Crippen molar-refractivity contribution >= 4 is 39.6 Å². The summed E-state index contributed by atoms with van der Waals surface area (Å²) in [5.74, 6) is -0.301. The molecule has 2 aromatic heterocycles. The number of aromatic carboxylic acids is 1. The molecular formula is C14H10N2O2S. The number of rotatable bonds is 3. The van der Waals surface area contributed by atoms with Crippen molar-refractivity contribution in [3.8, 4) is 0 Å². The van der Waals surface area contributed by atoms with Gasteiger partial charge in [0.1, 0.15) is 5.82 Å². The van der Waals surface area contributed by atoms with E-state index in [9.17, 15) is 9.90 Å². The highest BCUT2D eigenvalue weighted by Crippen LogP contribution is 2.27. The van der Waals surface area contributed by atoms with Crippen LogP contribution in [0.15, 0.2) is 47.3 Å². The summed E-state index contributed by atoms with van der Waals surface area (Å²) in [6.07, 6.45) is 1.39. The SMILES string of the molecule is O=C(O)c1cnc(Nc2ccsc2)c2ccccc12. The molecule has 2 heterocycles. The summed E-state index contributed by atoms with van der Waals surface area (Å²) in [5.41, 5.74) is 1.16. The fourth-order valence-corrected chi connectivity index (χ4v) is 2.52. The smallest absolute Gasteiger partial charge is 0.337 e. The Kier molecular flexibility index (Phi) is 2.89. The number of aromatic nitrogens is 1. The molecule has 1 aromatic carbocycles. The average Bonchev–Trinajstić information content (AvgIpc) is 2.91. The lowest BCUT2D eigenvalue weighted by atomic mass is 10.1. The van der Waals surface area contributed by atoms with Crippen molar-refractivity contribution in [3.63, 3.8) is 0 Å². The van der Waals surface area contributed by atoms with Gasteiger partial charge in [0, 0.05) is 22.3 Å². The van der Waals surface area contributed by atoms with E-state index in [1.54, 1.807) is 17.4 Å². The summed E-state index contributed by atoms with van der Waals surface area (Å²) in [7, 11) is 0. The zero-order chi connectivity index (χ0) is 13.2. The van der Waals surface area contributed by atoms with E-state index in [2.05, 4.69) is 10.3 Å². The number of carboxylic acid groups (broad SMARTS) is 1. The molecule has 0 aliphatic heterocycles. The molecule has 3 aromatic rings. The third-order valence-electron chi connectivity index (χ3n) is 2.81. The monoisotopic (exact) mass is 270 g/mol. The van der Waals surface area contributed by atoms with Gasteiger partial charge in [-0.3, -0.25) is 0 Å². The van der Waals surface area contributed by atoms with E-state index in [0.29, 0.717) is 11.2 Å². The Morgan fingerprint density at radius 1 is 1.21 bits per heavy atom. The van der Waals surface area contributed by atoms with Gasteiger partial charge in [0.2, 0.25) is 0 Å². The minimum Gasteiger partial charge on any atom is -0.478 e. The van der Waals surface area contributed by atoms with Gasteiger partial charge in [-0.05, 0) is 11.4 Å². The number of fused-ring (bicyclic) bond motifs is 1. The summed E-state index contributed by atoms with van der Waals surface area (Å²) in [6, 6.07) is 9.30. The van der Waals surface area contributed by atoms with E-state index in [1.165, 1.54) is 6.20 Å². The van der Waals surface area contributed by atoms with E-state index in [-0.39, 0.29) is 5.56 Å². The molecular weight excluding hydrogens is 260 g/mol. The van der Waals surface area contributed by atoms with Crippen molar-refractivity contribution in [2.24, 2.45) is 0 Å². The van der Waals surface area contributed by atoms with E-state index in [1.807, 2.05) is 35.0 Å². The van der Waals surface area contributed by atoms with Crippen LogP contribution >= 0.6 is 11.3 Å². The van der Waals surface area contributed by atoms with Crippen LogP contribution in [-0.4, -0.2) is 16.1 Å². The van der Waals surface area contributed by atoms with Crippen LogP contribution in [0.25, 0.3) is 10.8 Å². The lowest BCUT2D eigenvalue weighted by Gasteiger charge is -2.09. The van der Waals surface area contributed by atoms with Gasteiger partial charge in [-0.1, -0.05) is 24.3 Å². The van der Waals surface area contributed by atoms with Crippen LogP contribution in [0.3, 0.4) is 0 Å². The minimum absolute atomic E-state index is 0.214. The molecule has 0 aliphatic rings. The number of carboxylic acids is 1. The lowest BCUT2D eigenvalue weighted by molar-refractivity contribution is 0.0698. The van der Waals surface area contributed by atoms with E-state index >= 15 is 0 Å². The van der Waals surface area contributed by atoms with Crippen LogP contribution in [0.4, 0.5) is 11.5 Å². The number of hydrogen-bond donors (Lipinski definition) is 2. The highest BCUT2D eigenvalue weighted by atomic mass is 32.1. The first-order chi connectivity index (χ1) is 9.25. The van der Waals surface area contributed by atoms with Gasteiger partial charge >= 0.3 is 5.97 Å². The quantitative estimate of drug-likeness (QED) is 0.761. The Labute approximate surface area is 113 Å². The number of pyridine rings is 1. The second-order valence-corrected chi connectivity index (χ2v) is 4.79. The second kappa shape index (κ2) is 4.70. The topological polar surface area (TPSA) is 62.2 Å². The first kappa shape index (κ1) is 11.7. The van der Waals surface area contributed by atoms with Crippen molar-refractivity contribution in [2.45, 2.75) is 0 Å². The number of benzene rings is 1. The molecule has 2 N–H and O–H groups in total. The molecule has 3 rings (SSSR count). The molecule has 0 fully saturated rings. The van der Waals surface area contributed by atoms with Crippen LogP contribution in [0.2, 0.25) is 0 Å². The maximum absolute atomic E-state index is 11.2. The van der Waals surface area contributed by atoms with Gasteiger partial charge in [-0.2, -0.15) is 11.3 Å². The molecule has 5 heteroatoms. The molecule has 0 spiro atoms. The zero-order valence-corrected chi connectivity index (χ0v) is 10.6. The number of carbonyl (C=O) groups is 1. The number of anilines is 2. The summed E-state index contributed by atoms with van der Waals surface area (Å²) < 4.78 is 0. The Morgan fingerprint density at radius 3 is 2.68 bits per heavy atom. The normalized spacial score (nSPS) is 10.5. The maximum Gasteiger partial charge on any atom is 0.337 e. The Balaban J connectivity index is 2.16. The standard InChI is InChI=1S/C14H10N2O2S/c17-14(18)12-7-15-13(16-9-5-6-19-8-9)11-4-2-1-3-10(11)12/h1-8H,(H,15,16)(H,17,18). The van der Waals surface area contributed by atoms with Crippen molar-refractivity contribution in [1.29, 1.82) is 0 Å². The van der Waals surface area contributed by atoms with E-state index in [0.717, 1.165) is 11.1 Å². The largest absolute Gasteiger partial charge is 0.478 e. The van der Waals surface area contributed by atoms with Crippen LogP contribution in [0, 0.1) is 0 Å². The molecule has 19 heavy (non-hydrogen) atoms. The van der Waals surface area contributed by atoms with Crippen LogP contribution in [0.5, 0.6) is 0 Å². The fraction of sp³-hybridized carbons (Fsp3) is 0. The van der Waals surface area contributed by atoms with Crippen molar-refractivity contribution in [3.05, 3.63) is 52.9 Å². The second-order valence-electron chi connectivity index (χ2n) is 4.01. The van der Waals surface area contributed by atoms with Gasteiger partial charge in [0.05, 0.1) is 11.3 Å². The molecule has 0 radical (unpaired) electrons. The van der Waals surface area contributed by atoms with Crippen molar-refractivity contribution < 1.29 is 9.90 Å². The number of nitrogens with zero attached hydrogens (tertiary/aromatic N) is 1. The average molecular weight is 270 g/mol. The predicted molar refractivity (Wildman–Crippen MR) is 76.3 cm³/mol. The molecule has 4 nitrogen and oxygen atoms in total.